The summed E-state index contributed by atoms with van der Waals surface area (Å²) in [5.41, 5.74) is 0.923. The quantitative estimate of drug-likeness (QED) is 0.772. The van der Waals surface area contributed by atoms with Gasteiger partial charge in [-0.3, -0.25) is 4.79 Å². The first-order valence-electron chi connectivity index (χ1n) is 8.32. The fourth-order valence-electron chi connectivity index (χ4n) is 2.79. The Morgan fingerprint density at radius 3 is 2.88 bits per heavy atom. The number of carbonyl (C=O) groups excluding carboxylic acids is 1. The summed E-state index contributed by atoms with van der Waals surface area (Å²) >= 11 is 2.91. The first kappa shape index (κ1) is 18.0. The Kier molecular flexibility index (Phi) is 6.14. The molecular formula is C17H22N4O2S2. The third-order valence-corrected chi connectivity index (χ3v) is 6.15. The second-order valence-corrected chi connectivity index (χ2v) is 8.15. The molecule has 0 spiro atoms. The normalized spacial score (nSPS) is 17.4. The van der Waals surface area contributed by atoms with Crippen molar-refractivity contribution < 1.29 is 9.53 Å². The summed E-state index contributed by atoms with van der Waals surface area (Å²) < 4.78 is 5.94. The fraction of sp³-hybridized carbons (Fsp3) is 0.471. The number of amides is 1. The molecule has 1 aromatic heterocycles. The van der Waals surface area contributed by atoms with Crippen LogP contribution in [0.4, 0.5) is 10.8 Å². The summed E-state index contributed by atoms with van der Waals surface area (Å²) in [4.78, 5) is 14.4. The van der Waals surface area contributed by atoms with E-state index in [4.69, 9.17) is 4.74 Å². The topological polar surface area (TPSA) is 67.3 Å². The largest absolute Gasteiger partial charge is 0.497 e. The van der Waals surface area contributed by atoms with Crippen molar-refractivity contribution in [2.45, 2.75) is 36.6 Å². The standard InChI is InChI=1S/C17H22N4O2S2/c1-12-5-3-4-10-21(12)15(22)11-24-17-20-19-16(25-17)18-13-6-8-14(23-2)9-7-13/h6-9,12H,3-5,10-11H2,1-2H3,(H,18,19)/t12-/m1/s1. The van der Waals surface area contributed by atoms with Crippen molar-refractivity contribution >= 4 is 39.8 Å². The van der Waals surface area contributed by atoms with Gasteiger partial charge < -0.3 is 15.0 Å². The Morgan fingerprint density at radius 1 is 1.36 bits per heavy atom. The van der Waals surface area contributed by atoms with Crippen LogP contribution in [0, 0.1) is 0 Å². The fourth-order valence-corrected chi connectivity index (χ4v) is 4.45. The van der Waals surface area contributed by atoms with Crippen molar-refractivity contribution in [2.24, 2.45) is 0 Å². The Balaban J connectivity index is 1.51. The van der Waals surface area contributed by atoms with E-state index in [2.05, 4.69) is 22.4 Å². The molecule has 1 saturated heterocycles. The van der Waals surface area contributed by atoms with E-state index in [1.54, 1.807) is 7.11 Å². The molecule has 0 aliphatic carbocycles. The minimum atomic E-state index is 0.192. The van der Waals surface area contributed by atoms with Crippen molar-refractivity contribution in [3.8, 4) is 5.75 Å². The predicted molar refractivity (Wildman–Crippen MR) is 102 cm³/mol. The summed E-state index contributed by atoms with van der Waals surface area (Å²) in [6, 6.07) is 7.97. The zero-order valence-electron chi connectivity index (χ0n) is 14.4. The molecule has 25 heavy (non-hydrogen) atoms. The van der Waals surface area contributed by atoms with E-state index in [9.17, 15) is 4.79 Å². The van der Waals surface area contributed by atoms with Gasteiger partial charge in [-0.05, 0) is 50.5 Å². The maximum Gasteiger partial charge on any atom is 0.233 e. The number of thioether (sulfide) groups is 1. The van der Waals surface area contributed by atoms with E-state index >= 15 is 0 Å². The van der Waals surface area contributed by atoms with Crippen LogP contribution in [0.15, 0.2) is 28.6 Å². The third-order valence-electron chi connectivity index (χ3n) is 4.19. The molecular weight excluding hydrogens is 356 g/mol. The second kappa shape index (κ2) is 8.53. The van der Waals surface area contributed by atoms with Gasteiger partial charge in [0.05, 0.1) is 12.9 Å². The highest BCUT2D eigenvalue weighted by molar-refractivity contribution is 8.01. The van der Waals surface area contributed by atoms with E-state index in [1.165, 1.54) is 29.5 Å². The number of nitrogens with zero attached hydrogens (tertiary/aromatic N) is 3. The maximum absolute atomic E-state index is 12.4. The molecule has 1 aromatic carbocycles. The SMILES string of the molecule is COc1ccc(Nc2nnc(SCC(=O)N3CCCC[C@H]3C)s2)cc1. The van der Waals surface area contributed by atoms with Crippen LogP contribution in [0.2, 0.25) is 0 Å². The van der Waals surface area contributed by atoms with E-state index in [0.717, 1.165) is 35.2 Å². The van der Waals surface area contributed by atoms with Crippen molar-refractivity contribution in [1.29, 1.82) is 0 Å². The number of ether oxygens (including phenoxy) is 1. The lowest BCUT2D eigenvalue weighted by Crippen LogP contribution is -2.42. The van der Waals surface area contributed by atoms with Crippen molar-refractivity contribution in [3.63, 3.8) is 0 Å². The van der Waals surface area contributed by atoms with Crippen molar-refractivity contribution in [2.75, 3.05) is 24.7 Å². The van der Waals surface area contributed by atoms with Crippen LogP contribution in [-0.2, 0) is 4.79 Å². The average molecular weight is 379 g/mol. The number of carbonyl (C=O) groups is 1. The Morgan fingerprint density at radius 2 is 2.16 bits per heavy atom. The molecule has 3 rings (SSSR count). The number of hydrogen-bond donors (Lipinski definition) is 1. The number of likely N-dealkylation sites (tertiary alicyclic amines) is 1. The Hall–Kier alpha value is -1.80. The molecule has 1 atom stereocenters. The molecule has 6 nitrogen and oxygen atoms in total. The van der Waals surface area contributed by atoms with Crippen LogP contribution in [0.3, 0.4) is 0 Å². The summed E-state index contributed by atoms with van der Waals surface area (Å²) in [7, 11) is 1.64. The van der Waals surface area contributed by atoms with Crippen LogP contribution >= 0.6 is 23.1 Å². The van der Waals surface area contributed by atoms with Crippen LogP contribution in [-0.4, -0.2) is 46.5 Å². The summed E-state index contributed by atoms with van der Waals surface area (Å²) in [5, 5.41) is 12.2. The van der Waals surface area contributed by atoms with Gasteiger partial charge in [0, 0.05) is 18.3 Å². The molecule has 134 valence electrons. The number of rotatable bonds is 6. The molecule has 2 heterocycles. The maximum atomic E-state index is 12.4. The highest BCUT2D eigenvalue weighted by atomic mass is 32.2. The third kappa shape index (κ3) is 4.85. The highest BCUT2D eigenvalue weighted by Crippen LogP contribution is 2.29. The lowest BCUT2D eigenvalue weighted by atomic mass is 10.0. The molecule has 0 saturated carbocycles. The van der Waals surface area contributed by atoms with Gasteiger partial charge in [-0.15, -0.1) is 10.2 Å². The molecule has 8 heteroatoms. The molecule has 0 radical (unpaired) electrons. The Labute approximate surface area is 156 Å². The first-order valence-corrected chi connectivity index (χ1v) is 10.1. The second-order valence-electron chi connectivity index (χ2n) is 5.95. The van der Waals surface area contributed by atoms with Gasteiger partial charge in [0.15, 0.2) is 4.34 Å². The van der Waals surface area contributed by atoms with Gasteiger partial charge in [0.1, 0.15) is 5.75 Å². The molecule has 1 amide bonds. The number of hydrogen-bond acceptors (Lipinski definition) is 7. The van der Waals surface area contributed by atoms with Crippen molar-refractivity contribution in [3.05, 3.63) is 24.3 Å². The number of anilines is 2. The summed E-state index contributed by atoms with van der Waals surface area (Å²) in [6.07, 6.45) is 3.43. The minimum Gasteiger partial charge on any atom is -0.497 e. The van der Waals surface area contributed by atoms with Crippen LogP contribution in [0.1, 0.15) is 26.2 Å². The monoisotopic (exact) mass is 378 g/mol. The van der Waals surface area contributed by atoms with Crippen molar-refractivity contribution in [1.82, 2.24) is 15.1 Å². The lowest BCUT2D eigenvalue weighted by Gasteiger charge is -2.33. The van der Waals surface area contributed by atoms with Crippen LogP contribution < -0.4 is 10.1 Å². The van der Waals surface area contributed by atoms with Crippen LogP contribution in [0.5, 0.6) is 5.75 Å². The molecule has 2 aromatic rings. The van der Waals surface area contributed by atoms with E-state index in [0.29, 0.717) is 16.9 Å². The molecule has 1 aliphatic heterocycles. The molecule has 1 aliphatic rings. The summed E-state index contributed by atoms with van der Waals surface area (Å²) in [5.74, 6) is 1.42. The number of aromatic nitrogens is 2. The van der Waals surface area contributed by atoms with E-state index in [-0.39, 0.29) is 5.91 Å². The van der Waals surface area contributed by atoms with Gasteiger partial charge in [0.2, 0.25) is 11.0 Å². The first-order chi connectivity index (χ1) is 12.2. The lowest BCUT2D eigenvalue weighted by molar-refractivity contribution is -0.131. The minimum absolute atomic E-state index is 0.192. The van der Waals surface area contributed by atoms with Gasteiger partial charge in [0.25, 0.3) is 0 Å². The predicted octanol–water partition coefficient (Wildman–Crippen LogP) is 3.78. The van der Waals surface area contributed by atoms with Crippen LogP contribution in [0.25, 0.3) is 0 Å². The molecule has 1 fully saturated rings. The smallest absolute Gasteiger partial charge is 0.233 e. The van der Waals surface area contributed by atoms with Gasteiger partial charge >= 0.3 is 0 Å². The van der Waals surface area contributed by atoms with Gasteiger partial charge in [-0.1, -0.05) is 23.1 Å². The highest BCUT2D eigenvalue weighted by Gasteiger charge is 2.23. The molecule has 0 unspecified atom stereocenters. The number of piperidine rings is 1. The van der Waals surface area contributed by atoms with E-state index in [1.807, 2.05) is 29.2 Å². The summed E-state index contributed by atoms with van der Waals surface area (Å²) in [6.45, 7) is 3.00. The van der Waals surface area contributed by atoms with Gasteiger partial charge in [-0.25, -0.2) is 0 Å². The number of methoxy groups -OCH3 is 1. The zero-order chi connectivity index (χ0) is 17.6. The van der Waals surface area contributed by atoms with Gasteiger partial charge in [-0.2, -0.15) is 0 Å². The molecule has 1 N–H and O–H groups in total. The average Bonchev–Trinajstić information content (AvgIpc) is 3.08. The molecule has 0 bridgehead atoms. The number of nitrogens with one attached hydrogen (secondary N) is 1. The number of benzene rings is 1. The van der Waals surface area contributed by atoms with E-state index < -0.39 is 0 Å². The Bertz CT molecular complexity index is 705. The zero-order valence-corrected chi connectivity index (χ0v) is 16.0.